The monoisotopic (exact) mass is 367 g/mol. The number of hydrogen-bond acceptors (Lipinski definition) is 2. The fourth-order valence-electron chi connectivity index (χ4n) is 2.03. The van der Waals surface area contributed by atoms with Gasteiger partial charge >= 0.3 is 0 Å². The number of ether oxygens (including phenoxy) is 1. The molecular weight excluding hydrogens is 350 g/mol. The molecule has 0 saturated heterocycles. The minimum atomic E-state index is 0.157. The quantitative estimate of drug-likeness (QED) is 0.692. The van der Waals surface area contributed by atoms with Crippen LogP contribution < -0.4 is 10.1 Å². The van der Waals surface area contributed by atoms with Crippen LogP contribution in [-0.4, -0.2) is 6.10 Å². The molecule has 0 saturated carbocycles. The van der Waals surface area contributed by atoms with Crippen LogP contribution in [0, 0.1) is 0 Å². The van der Waals surface area contributed by atoms with Crippen LogP contribution in [0.25, 0.3) is 0 Å². The van der Waals surface area contributed by atoms with Gasteiger partial charge in [-0.05, 0) is 56.7 Å². The summed E-state index contributed by atoms with van der Waals surface area (Å²) in [6.07, 6.45) is 0.187. The maximum atomic E-state index is 6.21. The Morgan fingerprint density at radius 2 is 1.71 bits per heavy atom. The number of anilines is 1. The molecule has 0 aliphatic rings. The van der Waals surface area contributed by atoms with E-state index in [-0.39, 0.29) is 12.1 Å². The van der Waals surface area contributed by atoms with E-state index in [1.807, 2.05) is 44.2 Å². The van der Waals surface area contributed by atoms with Crippen molar-refractivity contribution in [2.24, 2.45) is 0 Å². The van der Waals surface area contributed by atoms with Gasteiger partial charge in [-0.15, -0.1) is 0 Å². The maximum Gasteiger partial charge on any atom is 0.119 e. The normalized spacial score (nSPS) is 12.3. The second kappa shape index (κ2) is 7.19. The molecule has 0 aromatic heterocycles. The molecule has 0 aliphatic carbocycles. The summed E-state index contributed by atoms with van der Waals surface area (Å²) in [5.41, 5.74) is 2.10. The molecule has 0 radical (unpaired) electrons. The van der Waals surface area contributed by atoms with E-state index in [2.05, 4.69) is 40.3 Å². The van der Waals surface area contributed by atoms with Gasteiger partial charge in [0.25, 0.3) is 0 Å². The van der Waals surface area contributed by atoms with E-state index in [1.54, 1.807) is 0 Å². The van der Waals surface area contributed by atoms with Crippen LogP contribution in [0.2, 0.25) is 5.02 Å². The first kappa shape index (κ1) is 16.2. The molecule has 2 aromatic rings. The maximum absolute atomic E-state index is 6.21. The molecule has 21 heavy (non-hydrogen) atoms. The highest BCUT2D eigenvalue weighted by Crippen LogP contribution is 2.29. The average molecular weight is 369 g/mol. The van der Waals surface area contributed by atoms with E-state index < -0.39 is 0 Å². The summed E-state index contributed by atoms with van der Waals surface area (Å²) in [5.74, 6) is 0.890. The van der Waals surface area contributed by atoms with E-state index in [0.717, 1.165) is 15.9 Å². The molecule has 0 aliphatic heterocycles. The second-order valence-corrected chi connectivity index (χ2v) is 6.55. The third kappa shape index (κ3) is 4.65. The van der Waals surface area contributed by atoms with Gasteiger partial charge in [-0.2, -0.15) is 0 Å². The van der Waals surface area contributed by atoms with Gasteiger partial charge in [0.1, 0.15) is 5.75 Å². The topological polar surface area (TPSA) is 21.3 Å². The van der Waals surface area contributed by atoms with Crippen LogP contribution in [0.3, 0.4) is 0 Å². The summed E-state index contributed by atoms with van der Waals surface area (Å²) in [6.45, 7) is 6.15. The molecule has 4 heteroatoms. The van der Waals surface area contributed by atoms with E-state index in [1.165, 1.54) is 5.56 Å². The van der Waals surface area contributed by atoms with Crippen molar-refractivity contribution >= 4 is 33.2 Å². The molecule has 1 unspecified atom stereocenters. The lowest BCUT2D eigenvalue weighted by Gasteiger charge is -2.18. The van der Waals surface area contributed by atoms with Crippen LogP contribution in [0.15, 0.2) is 46.9 Å². The Balaban J connectivity index is 2.09. The summed E-state index contributed by atoms with van der Waals surface area (Å²) in [7, 11) is 0. The number of halogens is 2. The molecule has 1 atom stereocenters. The molecule has 2 rings (SSSR count). The van der Waals surface area contributed by atoms with Crippen molar-refractivity contribution in [2.45, 2.75) is 32.9 Å². The minimum Gasteiger partial charge on any atom is -0.491 e. The van der Waals surface area contributed by atoms with E-state index >= 15 is 0 Å². The van der Waals surface area contributed by atoms with Crippen LogP contribution in [-0.2, 0) is 0 Å². The molecule has 1 N–H and O–H groups in total. The number of benzene rings is 2. The van der Waals surface area contributed by atoms with Crippen LogP contribution in [0.1, 0.15) is 32.4 Å². The number of hydrogen-bond donors (Lipinski definition) is 1. The van der Waals surface area contributed by atoms with Gasteiger partial charge in [0.2, 0.25) is 0 Å². The average Bonchev–Trinajstić information content (AvgIpc) is 2.43. The summed E-state index contributed by atoms with van der Waals surface area (Å²) in [4.78, 5) is 0. The van der Waals surface area contributed by atoms with Crippen molar-refractivity contribution < 1.29 is 4.74 Å². The Labute approximate surface area is 139 Å². The van der Waals surface area contributed by atoms with Crippen molar-refractivity contribution in [3.8, 4) is 5.75 Å². The van der Waals surface area contributed by atoms with Crippen molar-refractivity contribution in [1.29, 1.82) is 0 Å². The largest absolute Gasteiger partial charge is 0.491 e. The summed E-state index contributed by atoms with van der Waals surface area (Å²) in [6, 6.07) is 14.1. The second-order valence-electron chi connectivity index (χ2n) is 5.23. The Kier molecular flexibility index (Phi) is 5.54. The zero-order valence-electron chi connectivity index (χ0n) is 12.4. The van der Waals surface area contributed by atoms with Crippen molar-refractivity contribution in [1.82, 2.24) is 0 Å². The van der Waals surface area contributed by atoms with Crippen molar-refractivity contribution in [3.05, 3.63) is 57.5 Å². The summed E-state index contributed by atoms with van der Waals surface area (Å²) >= 11 is 9.67. The van der Waals surface area contributed by atoms with Gasteiger partial charge in [-0.1, -0.05) is 39.7 Å². The lowest BCUT2D eigenvalue weighted by molar-refractivity contribution is 0.242. The van der Waals surface area contributed by atoms with Gasteiger partial charge in [-0.25, -0.2) is 0 Å². The first-order valence-electron chi connectivity index (χ1n) is 6.94. The van der Waals surface area contributed by atoms with Crippen LogP contribution in [0.5, 0.6) is 5.75 Å². The molecule has 2 nitrogen and oxygen atoms in total. The van der Waals surface area contributed by atoms with Gasteiger partial charge in [-0.3, -0.25) is 0 Å². The fraction of sp³-hybridized carbons (Fsp3) is 0.294. The van der Waals surface area contributed by atoms with Crippen molar-refractivity contribution in [2.75, 3.05) is 5.32 Å². The highest BCUT2D eigenvalue weighted by Gasteiger charge is 2.09. The predicted octanol–water partition coefficient (Wildman–Crippen LogP) is 6.06. The Morgan fingerprint density at radius 3 is 2.33 bits per heavy atom. The Morgan fingerprint density at radius 1 is 1.05 bits per heavy atom. The van der Waals surface area contributed by atoms with Crippen LogP contribution in [0.4, 0.5) is 5.69 Å². The zero-order chi connectivity index (χ0) is 15.4. The molecule has 0 bridgehead atoms. The van der Waals surface area contributed by atoms with Gasteiger partial charge in [0.15, 0.2) is 0 Å². The summed E-state index contributed by atoms with van der Waals surface area (Å²) < 4.78 is 6.66. The Hall–Kier alpha value is -1.19. The van der Waals surface area contributed by atoms with E-state index in [0.29, 0.717) is 5.02 Å². The molecule has 0 fully saturated rings. The van der Waals surface area contributed by atoms with Gasteiger partial charge in [0.05, 0.1) is 16.8 Å². The third-order valence-corrected chi connectivity index (χ3v) is 3.88. The summed E-state index contributed by atoms with van der Waals surface area (Å²) in [5, 5.41) is 4.14. The Bertz CT molecular complexity index is 598. The first-order valence-corrected chi connectivity index (χ1v) is 8.11. The van der Waals surface area contributed by atoms with Gasteiger partial charge < -0.3 is 10.1 Å². The first-order chi connectivity index (χ1) is 9.95. The SMILES string of the molecule is CC(C)Oc1ccc(C(C)Nc2cc(Br)ccc2Cl)cc1. The van der Waals surface area contributed by atoms with E-state index in [4.69, 9.17) is 16.3 Å². The van der Waals surface area contributed by atoms with Crippen molar-refractivity contribution in [3.63, 3.8) is 0 Å². The number of rotatable bonds is 5. The fourth-order valence-corrected chi connectivity index (χ4v) is 2.57. The molecular formula is C17H19BrClNO. The zero-order valence-corrected chi connectivity index (χ0v) is 14.7. The lowest BCUT2D eigenvalue weighted by Crippen LogP contribution is -2.08. The molecule has 0 heterocycles. The van der Waals surface area contributed by atoms with Crippen LogP contribution >= 0.6 is 27.5 Å². The smallest absolute Gasteiger partial charge is 0.119 e. The molecule has 112 valence electrons. The minimum absolute atomic E-state index is 0.157. The standard InChI is InChI=1S/C17H19BrClNO/c1-11(2)21-15-7-4-13(5-8-15)12(3)20-17-10-14(18)6-9-16(17)19/h4-12,20H,1-3H3. The molecule has 0 spiro atoms. The van der Waals surface area contributed by atoms with E-state index in [9.17, 15) is 0 Å². The third-order valence-electron chi connectivity index (χ3n) is 3.05. The number of nitrogens with one attached hydrogen (secondary N) is 1. The molecule has 0 amide bonds. The highest BCUT2D eigenvalue weighted by atomic mass is 79.9. The predicted molar refractivity (Wildman–Crippen MR) is 93.4 cm³/mol. The highest BCUT2D eigenvalue weighted by molar-refractivity contribution is 9.10. The lowest BCUT2D eigenvalue weighted by atomic mass is 10.1. The molecule has 2 aromatic carbocycles. The van der Waals surface area contributed by atoms with Gasteiger partial charge in [0, 0.05) is 10.5 Å².